The monoisotopic (exact) mass is 367 g/mol. The number of furan rings is 1. The molecular formula is C21H21NO5. The van der Waals surface area contributed by atoms with Crippen molar-refractivity contribution in [1.29, 1.82) is 0 Å². The van der Waals surface area contributed by atoms with Crippen molar-refractivity contribution in [1.82, 2.24) is 5.32 Å². The molecule has 3 rings (SSSR count). The smallest absolute Gasteiger partial charge is 0.336 e. The first-order valence-electron chi connectivity index (χ1n) is 8.48. The minimum atomic E-state index is -0.719. The van der Waals surface area contributed by atoms with E-state index in [9.17, 15) is 9.59 Å². The molecule has 27 heavy (non-hydrogen) atoms. The van der Waals surface area contributed by atoms with Gasteiger partial charge in [-0.05, 0) is 26.0 Å². The van der Waals surface area contributed by atoms with Gasteiger partial charge in [0.05, 0.1) is 31.3 Å². The largest absolute Gasteiger partial charge is 0.466 e. The molecule has 0 saturated heterocycles. The summed E-state index contributed by atoms with van der Waals surface area (Å²) in [5, 5.41) is 3.06. The number of carbonyl (C=O) groups excluding carboxylic acids is 2. The van der Waals surface area contributed by atoms with Crippen LogP contribution in [0.2, 0.25) is 0 Å². The predicted molar refractivity (Wildman–Crippen MR) is 99.5 cm³/mol. The van der Waals surface area contributed by atoms with Crippen LogP contribution < -0.4 is 5.32 Å². The van der Waals surface area contributed by atoms with E-state index in [4.69, 9.17) is 13.9 Å². The summed E-state index contributed by atoms with van der Waals surface area (Å²) in [5.74, 6) is -0.667. The average molecular weight is 367 g/mol. The Labute approximate surface area is 157 Å². The molecule has 2 aromatic rings. The van der Waals surface area contributed by atoms with Crippen LogP contribution in [0.5, 0.6) is 0 Å². The van der Waals surface area contributed by atoms with Gasteiger partial charge in [-0.25, -0.2) is 9.59 Å². The Balaban J connectivity index is 2.14. The van der Waals surface area contributed by atoms with Gasteiger partial charge in [0.1, 0.15) is 11.5 Å². The standard InChI is InChI=1S/C21H21NO5/c1-12-17(20(23)25-3)19(18(13(2)22-12)21(24)26-4)16-11-10-15(27-16)14-8-6-5-7-9-14/h5-11,19,22H,1-4H3. The highest BCUT2D eigenvalue weighted by molar-refractivity contribution is 5.99. The van der Waals surface area contributed by atoms with E-state index in [-0.39, 0.29) is 0 Å². The lowest BCUT2D eigenvalue weighted by Gasteiger charge is -2.28. The molecule has 0 fully saturated rings. The van der Waals surface area contributed by atoms with Crippen LogP contribution in [0.1, 0.15) is 25.5 Å². The third-order valence-corrected chi connectivity index (χ3v) is 4.54. The van der Waals surface area contributed by atoms with Gasteiger partial charge in [-0.3, -0.25) is 0 Å². The van der Waals surface area contributed by atoms with Crippen LogP contribution in [-0.2, 0) is 19.1 Å². The van der Waals surface area contributed by atoms with Crippen LogP contribution in [0.3, 0.4) is 0 Å². The van der Waals surface area contributed by atoms with Crippen LogP contribution in [0.25, 0.3) is 11.3 Å². The molecule has 6 heteroatoms. The summed E-state index contributed by atoms with van der Waals surface area (Å²) in [7, 11) is 2.61. The van der Waals surface area contributed by atoms with Gasteiger partial charge in [0.2, 0.25) is 0 Å². The molecule has 1 aliphatic heterocycles. The molecule has 1 aliphatic rings. The Bertz CT molecular complexity index is 898. The predicted octanol–water partition coefficient (Wildman–Crippen LogP) is 3.53. The van der Waals surface area contributed by atoms with E-state index in [0.717, 1.165) is 5.56 Å². The topological polar surface area (TPSA) is 77.8 Å². The fourth-order valence-corrected chi connectivity index (χ4v) is 3.31. The molecule has 0 atom stereocenters. The average Bonchev–Trinajstić information content (AvgIpc) is 3.17. The number of ether oxygens (including phenoxy) is 2. The highest BCUT2D eigenvalue weighted by Gasteiger charge is 2.39. The Kier molecular flexibility index (Phi) is 5.16. The van der Waals surface area contributed by atoms with Crippen molar-refractivity contribution in [2.24, 2.45) is 0 Å². The summed E-state index contributed by atoms with van der Waals surface area (Å²) in [4.78, 5) is 24.9. The van der Waals surface area contributed by atoms with E-state index in [1.165, 1.54) is 14.2 Å². The van der Waals surface area contributed by atoms with Crippen LogP contribution in [0.15, 0.2) is 69.4 Å². The fourth-order valence-electron chi connectivity index (χ4n) is 3.31. The van der Waals surface area contributed by atoms with E-state index in [0.29, 0.717) is 34.1 Å². The summed E-state index contributed by atoms with van der Waals surface area (Å²) in [5.41, 5.74) is 2.75. The van der Waals surface area contributed by atoms with Crippen molar-refractivity contribution >= 4 is 11.9 Å². The number of nitrogens with one attached hydrogen (secondary N) is 1. The second kappa shape index (κ2) is 7.53. The third kappa shape index (κ3) is 3.38. The fraction of sp³-hybridized carbons (Fsp3) is 0.238. The maximum Gasteiger partial charge on any atom is 0.336 e. The Morgan fingerprint density at radius 1 is 0.889 bits per heavy atom. The second-order valence-electron chi connectivity index (χ2n) is 6.19. The summed E-state index contributed by atoms with van der Waals surface area (Å²) in [6, 6.07) is 13.2. The van der Waals surface area contributed by atoms with Gasteiger partial charge in [-0.2, -0.15) is 0 Å². The molecule has 2 heterocycles. The number of rotatable bonds is 4. The lowest BCUT2D eigenvalue weighted by molar-refractivity contribution is -0.137. The molecule has 0 aliphatic carbocycles. The number of dihydropyridines is 1. The van der Waals surface area contributed by atoms with Crippen molar-refractivity contribution in [3.8, 4) is 11.3 Å². The number of carbonyl (C=O) groups is 2. The molecular weight excluding hydrogens is 346 g/mol. The molecule has 0 saturated carbocycles. The molecule has 1 aromatic carbocycles. The zero-order valence-corrected chi connectivity index (χ0v) is 15.7. The van der Waals surface area contributed by atoms with E-state index in [1.54, 1.807) is 19.9 Å². The summed E-state index contributed by atoms with van der Waals surface area (Å²) < 4.78 is 15.9. The van der Waals surface area contributed by atoms with E-state index < -0.39 is 17.9 Å². The number of benzene rings is 1. The van der Waals surface area contributed by atoms with Gasteiger partial charge in [0, 0.05) is 17.0 Å². The number of esters is 2. The third-order valence-electron chi connectivity index (χ3n) is 4.54. The van der Waals surface area contributed by atoms with Crippen molar-refractivity contribution in [2.75, 3.05) is 14.2 Å². The van der Waals surface area contributed by atoms with Gasteiger partial charge in [0.25, 0.3) is 0 Å². The Morgan fingerprint density at radius 3 is 1.96 bits per heavy atom. The van der Waals surface area contributed by atoms with Crippen LogP contribution >= 0.6 is 0 Å². The summed E-state index contributed by atoms with van der Waals surface area (Å²) in [6.07, 6.45) is 0. The highest BCUT2D eigenvalue weighted by atomic mass is 16.5. The summed E-state index contributed by atoms with van der Waals surface area (Å²) in [6.45, 7) is 3.52. The maximum absolute atomic E-state index is 12.5. The van der Waals surface area contributed by atoms with Gasteiger partial charge < -0.3 is 19.2 Å². The highest BCUT2D eigenvalue weighted by Crippen LogP contribution is 2.40. The Morgan fingerprint density at radius 2 is 1.44 bits per heavy atom. The molecule has 0 amide bonds. The van der Waals surface area contributed by atoms with Gasteiger partial charge in [-0.1, -0.05) is 30.3 Å². The van der Waals surface area contributed by atoms with Gasteiger partial charge >= 0.3 is 11.9 Å². The first-order chi connectivity index (χ1) is 13.0. The summed E-state index contributed by atoms with van der Waals surface area (Å²) >= 11 is 0. The van der Waals surface area contributed by atoms with E-state index in [2.05, 4.69) is 5.32 Å². The van der Waals surface area contributed by atoms with Crippen LogP contribution in [0, 0.1) is 0 Å². The minimum absolute atomic E-state index is 0.317. The second-order valence-corrected chi connectivity index (χ2v) is 6.19. The van der Waals surface area contributed by atoms with Crippen LogP contribution in [0.4, 0.5) is 0 Å². The van der Waals surface area contributed by atoms with Crippen molar-refractivity contribution in [2.45, 2.75) is 19.8 Å². The lowest BCUT2D eigenvalue weighted by Crippen LogP contribution is -2.31. The quantitative estimate of drug-likeness (QED) is 0.833. The molecule has 1 aromatic heterocycles. The number of hydrogen-bond donors (Lipinski definition) is 1. The minimum Gasteiger partial charge on any atom is -0.466 e. The zero-order chi connectivity index (χ0) is 19.6. The Hall–Kier alpha value is -3.28. The molecule has 0 spiro atoms. The van der Waals surface area contributed by atoms with Crippen molar-refractivity contribution < 1.29 is 23.5 Å². The molecule has 140 valence electrons. The van der Waals surface area contributed by atoms with Gasteiger partial charge in [-0.15, -0.1) is 0 Å². The molecule has 0 unspecified atom stereocenters. The van der Waals surface area contributed by atoms with E-state index >= 15 is 0 Å². The van der Waals surface area contributed by atoms with Gasteiger partial charge in [0.15, 0.2) is 0 Å². The zero-order valence-electron chi connectivity index (χ0n) is 15.7. The molecule has 0 radical (unpaired) electrons. The molecule has 1 N–H and O–H groups in total. The SMILES string of the molecule is COC(=O)C1=C(C)NC(C)=C(C(=O)OC)C1c1ccc(-c2ccccc2)o1. The van der Waals surface area contributed by atoms with E-state index in [1.807, 2.05) is 36.4 Å². The molecule has 6 nitrogen and oxygen atoms in total. The number of hydrogen-bond acceptors (Lipinski definition) is 6. The lowest BCUT2D eigenvalue weighted by atomic mass is 9.83. The first-order valence-corrected chi connectivity index (χ1v) is 8.48. The molecule has 0 bridgehead atoms. The number of methoxy groups -OCH3 is 2. The van der Waals surface area contributed by atoms with Crippen molar-refractivity contribution in [3.63, 3.8) is 0 Å². The number of allylic oxidation sites excluding steroid dienone is 2. The normalized spacial score (nSPS) is 14.8. The van der Waals surface area contributed by atoms with Crippen LogP contribution in [-0.4, -0.2) is 26.2 Å². The van der Waals surface area contributed by atoms with Crippen molar-refractivity contribution in [3.05, 3.63) is 70.8 Å². The maximum atomic E-state index is 12.5. The first kappa shape index (κ1) is 18.5.